The fourth-order valence-corrected chi connectivity index (χ4v) is 0.485. The van der Waals surface area contributed by atoms with Gasteiger partial charge in [-0.25, -0.2) is 4.79 Å². The number of ketones is 1. The summed E-state index contributed by atoms with van der Waals surface area (Å²) in [5.41, 5.74) is 0. The van der Waals surface area contributed by atoms with E-state index in [4.69, 9.17) is 10.2 Å². The number of carbonyl (C=O) groups is 2. The lowest BCUT2D eigenvalue weighted by Crippen LogP contribution is -2.32. The fourth-order valence-electron chi connectivity index (χ4n) is 0.485. The third kappa shape index (κ3) is 3.45. The summed E-state index contributed by atoms with van der Waals surface area (Å²) in [6.07, 6.45) is -1.05. The minimum Gasteiger partial charge on any atom is -0.460 e. The Hall–Kier alpha value is -0.940. The van der Waals surface area contributed by atoms with Crippen LogP contribution in [0.15, 0.2) is 0 Å². The first kappa shape index (κ1) is 11.1. The Labute approximate surface area is 70.0 Å². The lowest BCUT2D eigenvalue weighted by molar-refractivity contribution is -0.158. The minimum absolute atomic E-state index is 0.142. The third-order valence-electron chi connectivity index (χ3n) is 1.11. The number of hydrogen-bond acceptors (Lipinski definition) is 5. The van der Waals surface area contributed by atoms with E-state index < -0.39 is 24.5 Å². The molecule has 0 radical (unpaired) electrons. The summed E-state index contributed by atoms with van der Waals surface area (Å²) in [7, 11) is 0. The number of rotatable bonds is 5. The first-order valence-electron chi connectivity index (χ1n) is 3.63. The molecule has 70 valence electrons. The van der Waals surface area contributed by atoms with Crippen LogP contribution in [0.25, 0.3) is 0 Å². The second-order valence-corrected chi connectivity index (χ2v) is 2.20. The quantitative estimate of drug-likeness (QED) is 0.408. The Morgan fingerprint density at radius 3 is 2.50 bits per heavy atom. The average Bonchev–Trinajstić information content (AvgIpc) is 2.11. The number of aliphatic hydroxyl groups excluding tert-OH is 2. The van der Waals surface area contributed by atoms with Crippen LogP contribution in [0.4, 0.5) is 0 Å². The molecule has 5 heteroatoms. The second kappa shape index (κ2) is 5.68. The molecule has 0 bridgehead atoms. The summed E-state index contributed by atoms with van der Waals surface area (Å²) >= 11 is 0. The van der Waals surface area contributed by atoms with Gasteiger partial charge < -0.3 is 14.9 Å². The molecule has 0 amide bonds. The lowest BCUT2D eigenvalue weighted by atomic mass is 10.2. The van der Waals surface area contributed by atoms with Crippen molar-refractivity contribution in [1.29, 1.82) is 0 Å². The Morgan fingerprint density at radius 2 is 2.08 bits per heavy atom. The number of Topliss-reactive ketones (excluding diaryl/α,β-unsaturated/α-hetero) is 1. The van der Waals surface area contributed by atoms with E-state index in [0.29, 0.717) is 6.42 Å². The molecule has 5 nitrogen and oxygen atoms in total. The summed E-state index contributed by atoms with van der Waals surface area (Å²) in [6, 6.07) is 0. The van der Waals surface area contributed by atoms with Gasteiger partial charge in [-0.3, -0.25) is 4.79 Å². The van der Waals surface area contributed by atoms with Crippen LogP contribution in [-0.2, 0) is 14.3 Å². The van der Waals surface area contributed by atoms with E-state index in [1.165, 1.54) is 0 Å². The Morgan fingerprint density at radius 1 is 1.50 bits per heavy atom. The molecule has 0 aliphatic heterocycles. The van der Waals surface area contributed by atoms with E-state index in [1.54, 1.807) is 6.92 Å². The second-order valence-electron chi connectivity index (χ2n) is 2.20. The average molecular weight is 176 g/mol. The Balaban J connectivity index is 3.85. The Bertz CT molecular complexity index is 165. The normalized spacial score (nSPS) is 12.2. The van der Waals surface area contributed by atoms with Gasteiger partial charge in [-0.2, -0.15) is 0 Å². The lowest BCUT2D eigenvalue weighted by Gasteiger charge is -2.04. The van der Waals surface area contributed by atoms with Gasteiger partial charge in [0.2, 0.25) is 0 Å². The van der Waals surface area contributed by atoms with Gasteiger partial charge in [0.1, 0.15) is 6.10 Å². The van der Waals surface area contributed by atoms with Crippen molar-refractivity contribution in [3.63, 3.8) is 0 Å². The van der Waals surface area contributed by atoms with Gasteiger partial charge in [0, 0.05) is 0 Å². The SMILES string of the molecule is CCCOC(=O)C(=O)[C@H](O)CO. The number of ether oxygens (including phenoxy) is 1. The molecule has 0 aromatic heterocycles. The van der Waals surface area contributed by atoms with Crippen molar-refractivity contribution >= 4 is 11.8 Å². The van der Waals surface area contributed by atoms with E-state index >= 15 is 0 Å². The molecule has 1 atom stereocenters. The molecule has 0 saturated heterocycles. The van der Waals surface area contributed by atoms with Crippen molar-refractivity contribution in [2.24, 2.45) is 0 Å². The van der Waals surface area contributed by atoms with Gasteiger partial charge in [0.05, 0.1) is 13.2 Å². The Kier molecular flexibility index (Phi) is 5.23. The number of carbonyl (C=O) groups excluding carboxylic acids is 2. The summed E-state index contributed by atoms with van der Waals surface area (Å²) in [5.74, 6) is -2.20. The maximum Gasteiger partial charge on any atom is 0.377 e. The van der Waals surface area contributed by atoms with Crippen LogP contribution in [-0.4, -0.2) is 41.3 Å². The standard InChI is InChI=1S/C7H12O5/c1-2-3-12-7(11)6(10)5(9)4-8/h5,8-9H,2-4H2,1H3/t5-/m1/s1. The number of esters is 1. The molecular weight excluding hydrogens is 164 g/mol. The van der Waals surface area contributed by atoms with Crippen molar-refractivity contribution in [3.8, 4) is 0 Å². The monoisotopic (exact) mass is 176 g/mol. The van der Waals surface area contributed by atoms with Crippen molar-refractivity contribution in [1.82, 2.24) is 0 Å². The van der Waals surface area contributed by atoms with Crippen LogP contribution < -0.4 is 0 Å². The highest BCUT2D eigenvalue weighted by Crippen LogP contribution is 1.90. The molecule has 0 aromatic rings. The molecule has 0 spiro atoms. The topological polar surface area (TPSA) is 83.8 Å². The predicted octanol–water partition coefficient (Wildman–Crippen LogP) is -1.14. The summed E-state index contributed by atoms with van der Waals surface area (Å²) in [5, 5.41) is 17.0. The van der Waals surface area contributed by atoms with Gasteiger partial charge in [0.15, 0.2) is 0 Å². The molecule has 0 rings (SSSR count). The minimum atomic E-state index is -1.66. The van der Waals surface area contributed by atoms with Crippen LogP contribution in [0.3, 0.4) is 0 Å². The third-order valence-corrected chi connectivity index (χ3v) is 1.11. The molecule has 0 heterocycles. The zero-order valence-corrected chi connectivity index (χ0v) is 6.82. The maximum atomic E-state index is 10.7. The van der Waals surface area contributed by atoms with Crippen molar-refractivity contribution in [2.75, 3.05) is 13.2 Å². The van der Waals surface area contributed by atoms with Gasteiger partial charge >= 0.3 is 5.97 Å². The van der Waals surface area contributed by atoms with Gasteiger partial charge in [-0.15, -0.1) is 0 Å². The summed E-state index contributed by atoms with van der Waals surface area (Å²) in [4.78, 5) is 21.4. The van der Waals surface area contributed by atoms with Crippen LogP contribution in [0.1, 0.15) is 13.3 Å². The van der Waals surface area contributed by atoms with E-state index in [2.05, 4.69) is 4.74 Å². The summed E-state index contributed by atoms with van der Waals surface area (Å²) < 4.78 is 4.42. The zero-order valence-electron chi connectivity index (χ0n) is 6.82. The highest BCUT2D eigenvalue weighted by Gasteiger charge is 2.23. The van der Waals surface area contributed by atoms with Gasteiger partial charge in [-0.05, 0) is 6.42 Å². The first-order chi connectivity index (χ1) is 5.63. The van der Waals surface area contributed by atoms with Crippen LogP contribution in [0.2, 0.25) is 0 Å². The van der Waals surface area contributed by atoms with Crippen molar-refractivity contribution in [2.45, 2.75) is 19.4 Å². The van der Waals surface area contributed by atoms with Crippen molar-refractivity contribution in [3.05, 3.63) is 0 Å². The van der Waals surface area contributed by atoms with Crippen LogP contribution in [0, 0.1) is 0 Å². The first-order valence-corrected chi connectivity index (χ1v) is 3.63. The highest BCUT2D eigenvalue weighted by molar-refractivity contribution is 6.35. The molecule has 0 aromatic carbocycles. The summed E-state index contributed by atoms with van der Waals surface area (Å²) in [6.45, 7) is 1.16. The molecule has 0 fully saturated rings. The van der Waals surface area contributed by atoms with Gasteiger partial charge in [0.25, 0.3) is 5.78 Å². The number of hydrogen-bond donors (Lipinski definition) is 2. The van der Waals surface area contributed by atoms with Crippen molar-refractivity contribution < 1.29 is 24.5 Å². The van der Waals surface area contributed by atoms with E-state index in [-0.39, 0.29) is 6.61 Å². The van der Waals surface area contributed by atoms with Crippen LogP contribution in [0.5, 0.6) is 0 Å². The molecule has 2 N–H and O–H groups in total. The highest BCUT2D eigenvalue weighted by atomic mass is 16.5. The molecule has 0 unspecified atom stereocenters. The number of aliphatic hydroxyl groups is 2. The molecular formula is C7H12O5. The maximum absolute atomic E-state index is 10.7. The molecule has 0 saturated carbocycles. The van der Waals surface area contributed by atoms with Gasteiger partial charge in [-0.1, -0.05) is 6.92 Å². The predicted molar refractivity (Wildman–Crippen MR) is 39.3 cm³/mol. The fraction of sp³-hybridized carbons (Fsp3) is 0.714. The molecule has 0 aliphatic carbocycles. The van der Waals surface area contributed by atoms with E-state index in [9.17, 15) is 9.59 Å². The van der Waals surface area contributed by atoms with Crippen LogP contribution >= 0.6 is 0 Å². The zero-order chi connectivity index (χ0) is 9.56. The smallest absolute Gasteiger partial charge is 0.377 e. The molecule has 0 aliphatic rings. The van der Waals surface area contributed by atoms with E-state index in [1.807, 2.05) is 0 Å². The largest absolute Gasteiger partial charge is 0.460 e. The van der Waals surface area contributed by atoms with E-state index in [0.717, 1.165) is 0 Å². The molecule has 12 heavy (non-hydrogen) atoms.